The highest BCUT2D eigenvalue weighted by Gasteiger charge is 2.30. The van der Waals surface area contributed by atoms with Gasteiger partial charge in [0.1, 0.15) is 5.38 Å². The zero-order valence-electron chi connectivity index (χ0n) is 15.1. The van der Waals surface area contributed by atoms with Crippen molar-refractivity contribution >= 4 is 23.0 Å². The highest BCUT2D eigenvalue weighted by Crippen LogP contribution is 2.41. The molecule has 3 rings (SSSR count). The van der Waals surface area contributed by atoms with Crippen LogP contribution in [0.3, 0.4) is 0 Å². The zero-order valence-corrected chi connectivity index (χ0v) is 15.9. The highest BCUT2D eigenvalue weighted by atomic mass is 35.5. The molecule has 1 saturated heterocycles. The number of fused-ring (bicyclic) bond motifs is 1. The van der Waals surface area contributed by atoms with Crippen LogP contribution in [0.5, 0.6) is 0 Å². The number of nitrogens with zero attached hydrogens (tertiary/aromatic N) is 2. The second-order valence-electron chi connectivity index (χ2n) is 7.10. The Kier molecular flexibility index (Phi) is 6.42. The van der Waals surface area contributed by atoms with Gasteiger partial charge in [0.05, 0.1) is 36.4 Å². The Morgan fingerprint density at radius 2 is 2.00 bits per heavy atom. The summed E-state index contributed by atoms with van der Waals surface area (Å²) < 4.78 is 5.49. The van der Waals surface area contributed by atoms with E-state index in [1.165, 1.54) is 5.56 Å². The van der Waals surface area contributed by atoms with Crippen LogP contribution >= 0.6 is 11.6 Å². The fourth-order valence-electron chi connectivity index (χ4n) is 3.84. The maximum Gasteiger partial charge on any atom is 0.104 e. The van der Waals surface area contributed by atoms with E-state index in [-0.39, 0.29) is 0 Å². The number of alkyl halides is 1. The van der Waals surface area contributed by atoms with Crippen LogP contribution in [0.4, 0.5) is 11.4 Å². The van der Waals surface area contributed by atoms with Gasteiger partial charge in [0.25, 0.3) is 0 Å². The van der Waals surface area contributed by atoms with E-state index in [0.29, 0.717) is 19.6 Å². The maximum atomic E-state index is 10.6. The number of aliphatic hydroxyl groups excluding tert-OH is 1. The topological polar surface area (TPSA) is 71.6 Å². The summed E-state index contributed by atoms with van der Waals surface area (Å²) in [6, 6.07) is 0. The minimum atomic E-state index is -0.602. The van der Waals surface area contributed by atoms with Gasteiger partial charge in [-0.05, 0) is 37.7 Å². The summed E-state index contributed by atoms with van der Waals surface area (Å²) in [6.07, 6.45) is 6.31. The number of aryl methyl sites for hydroxylation is 1. The molecule has 1 aromatic rings. The third-order valence-corrected chi connectivity index (χ3v) is 5.79. The van der Waals surface area contributed by atoms with Gasteiger partial charge in [0, 0.05) is 18.8 Å². The van der Waals surface area contributed by atoms with Gasteiger partial charge in [-0.25, -0.2) is 0 Å². The molecule has 5 nitrogen and oxygen atoms in total. The van der Waals surface area contributed by atoms with Crippen LogP contribution in [0.25, 0.3) is 0 Å². The quantitative estimate of drug-likeness (QED) is 0.755. The number of hydrogen-bond donors (Lipinski definition) is 2. The van der Waals surface area contributed by atoms with Gasteiger partial charge in [0.2, 0.25) is 0 Å². The average molecular weight is 368 g/mol. The Labute approximate surface area is 155 Å². The van der Waals surface area contributed by atoms with E-state index in [4.69, 9.17) is 27.1 Å². The first-order valence-corrected chi connectivity index (χ1v) is 10.0. The molecule has 0 spiro atoms. The van der Waals surface area contributed by atoms with Crippen LogP contribution in [-0.2, 0) is 17.6 Å². The molecule has 2 atom stereocenters. The normalized spacial score (nSPS) is 20.2. The standard InChI is InChI=1S/C19H30ClN3O2/c1-2-3-8-15(24)16(20)18-19(23-9-11-25-12-10-23)17(21)13-6-4-5-7-14(13)22-18/h15-16,24H,2-12H2,1H3,(H2,21,22). The lowest BCUT2D eigenvalue weighted by molar-refractivity contribution is 0.122. The van der Waals surface area contributed by atoms with Crippen molar-refractivity contribution in [3.63, 3.8) is 0 Å². The first kappa shape index (κ1) is 18.7. The molecule has 1 fully saturated rings. The van der Waals surface area contributed by atoms with E-state index in [9.17, 15) is 5.11 Å². The second-order valence-corrected chi connectivity index (χ2v) is 7.57. The van der Waals surface area contributed by atoms with E-state index >= 15 is 0 Å². The first-order valence-electron chi connectivity index (χ1n) is 9.59. The van der Waals surface area contributed by atoms with Crippen LogP contribution in [0.2, 0.25) is 0 Å². The van der Waals surface area contributed by atoms with E-state index in [0.717, 1.165) is 74.4 Å². The number of aliphatic hydroxyl groups is 1. The van der Waals surface area contributed by atoms with Crippen molar-refractivity contribution in [1.29, 1.82) is 0 Å². The van der Waals surface area contributed by atoms with Gasteiger partial charge in [-0.3, -0.25) is 4.98 Å². The van der Waals surface area contributed by atoms with Crippen LogP contribution < -0.4 is 10.6 Å². The van der Waals surface area contributed by atoms with Gasteiger partial charge in [-0.1, -0.05) is 19.8 Å². The SMILES string of the molecule is CCCCC(O)C(Cl)c1nc2c(c(N)c1N1CCOCC1)CCCC2. The molecule has 1 aliphatic heterocycles. The van der Waals surface area contributed by atoms with E-state index < -0.39 is 11.5 Å². The molecule has 0 aromatic carbocycles. The molecule has 1 aromatic heterocycles. The molecule has 6 heteroatoms. The van der Waals surface area contributed by atoms with Crippen molar-refractivity contribution in [3.8, 4) is 0 Å². The van der Waals surface area contributed by atoms with E-state index in [1.54, 1.807) is 0 Å². The van der Waals surface area contributed by atoms with E-state index in [2.05, 4.69) is 11.8 Å². The van der Waals surface area contributed by atoms with Crippen LogP contribution in [-0.4, -0.2) is 42.5 Å². The van der Waals surface area contributed by atoms with Gasteiger partial charge in [-0.2, -0.15) is 0 Å². The van der Waals surface area contributed by atoms with Gasteiger partial charge >= 0.3 is 0 Å². The van der Waals surface area contributed by atoms with Gasteiger partial charge < -0.3 is 20.5 Å². The second kappa shape index (κ2) is 8.56. The summed E-state index contributed by atoms with van der Waals surface area (Å²) >= 11 is 6.71. The number of morpholine rings is 1. The van der Waals surface area contributed by atoms with E-state index in [1.807, 2.05) is 0 Å². The third kappa shape index (κ3) is 4.04. The predicted octanol–water partition coefficient (Wildman–Crippen LogP) is 3.21. The number of anilines is 2. The highest BCUT2D eigenvalue weighted by molar-refractivity contribution is 6.21. The number of nitrogens with two attached hydrogens (primary N) is 1. The Balaban J connectivity index is 2.00. The number of rotatable bonds is 6. The summed E-state index contributed by atoms with van der Waals surface area (Å²) in [5.41, 5.74) is 11.4. The maximum absolute atomic E-state index is 10.6. The summed E-state index contributed by atoms with van der Waals surface area (Å²) in [5, 5.41) is 10.0. The summed E-state index contributed by atoms with van der Waals surface area (Å²) in [4.78, 5) is 7.16. The smallest absolute Gasteiger partial charge is 0.104 e. The molecule has 0 amide bonds. The molecule has 2 heterocycles. The number of halogens is 1. The molecule has 140 valence electrons. The summed E-state index contributed by atoms with van der Waals surface area (Å²) in [5.74, 6) is 0. The molecule has 0 bridgehead atoms. The van der Waals surface area contributed by atoms with Crippen molar-refractivity contribution in [3.05, 3.63) is 17.0 Å². The average Bonchev–Trinajstić information content (AvgIpc) is 2.66. The number of unbranched alkanes of at least 4 members (excludes halogenated alkanes) is 1. The minimum absolute atomic E-state index is 0.529. The lowest BCUT2D eigenvalue weighted by atomic mass is 9.92. The minimum Gasteiger partial charge on any atom is -0.397 e. The predicted molar refractivity (Wildman–Crippen MR) is 102 cm³/mol. The summed E-state index contributed by atoms with van der Waals surface area (Å²) in [7, 11) is 0. The molecule has 25 heavy (non-hydrogen) atoms. The Bertz CT molecular complexity index is 591. The first-order chi connectivity index (χ1) is 12.1. The Hall–Kier alpha value is -1.04. The van der Waals surface area contributed by atoms with Crippen molar-refractivity contribution in [2.45, 2.75) is 63.4 Å². The fraction of sp³-hybridized carbons (Fsp3) is 0.737. The molecule has 3 N–H and O–H groups in total. The number of hydrogen-bond acceptors (Lipinski definition) is 5. The molecule has 0 radical (unpaired) electrons. The van der Waals surface area contributed by atoms with Gasteiger partial charge in [-0.15, -0.1) is 11.6 Å². The molecule has 2 unspecified atom stereocenters. The fourth-order valence-corrected chi connectivity index (χ4v) is 4.11. The monoisotopic (exact) mass is 367 g/mol. The molecule has 0 saturated carbocycles. The molecule has 1 aliphatic carbocycles. The summed E-state index contributed by atoms with van der Waals surface area (Å²) in [6.45, 7) is 5.05. The van der Waals surface area contributed by atoms with Crippen LogP contribution in [0, 0.1) is 0 Å². The number of pyridine rings is 1. The third-order valence-electron chi connectivity index (χ3n) is 5.30. The largest absolute Gasteiger partial charge is 0.397 e. The van der Waals surface area contributed by atoms with Crippen LogP contribution in [0.1, 0.15) is 61.4 Å². The number of ether oxygens (including phenoxy) is 1. The van der Waals surface area contributed by atoms with Crippen molar-refractivity contribution in [2.24, 2.45) is 0 Å². The lowest BCUT2D eigenvalue weighted by Crippen LogP contribution is -2.38. The van der Waals surface area contributed by atoms with Crippen molar-refractivity contribution in [2.75, 3.05) is 36.9 Å². The van der Waals surface area contributed by atoms with Crippen LogP contribution in [0.15, 0.2) is 0 Å². The molecular formula is C19H30ClN3O2. The molecule has 2 aliphatic rings. The van der Waals surface area contributed by atoms with Gasteiger partial charge in [0.15, 0.2) is 0 Å². The lowest BCUT2D eigenvalue weighted by Gasteiger charge is -2.34. The zero-order chi connectivity index (χ0) is 17.8. The number of nitrogen functional groups attached to an aromatic ring is 1. The van der Waals surface area contributed by atoms with Crippen molar-refractivity contribution < 1.29 is 9.84 Å². The van der Waals surface area contributed by atoms with Crippen molar-refractivity contribution in [1.82, 2.24) is 4.98 Å². The molecular weight excluding hydrogens is 338 g/mol. The Morgan fingerprint density at radius 3 is 2.72 bits per heavy atom. The Morgan fingerprint density at radius 1 is 1.28 bits per heavy atom. The number of aromatic nitrogens is 1.